The van der Waals surface area contributed by atoms with Crippen LogP contribution in [0.1, 0.15) is 51.6 Å². The molecule has 0 saturated carbocycles. The predicted molar refractivity (Wildman–Crippen MR) is 89.6 cm³/mol. The minimum atomic E-state index is -0.131. The first-order chi connectivity index (χ1) is 10.0. The molecule has 0 bridgehead atoms. The van der Waals surface area contributed by atoms with E-state index in [4.69, 9.17) is 0 Å². The number of carbonyl (C=O) groups is 1. The molecule has 3 N–H and O–H groups in total. The Morgan fingerprint density at radius 2 is 1.76 bits per heavy atom. The van der Waals surface area contributed by atoms with Crippen LogP contribution in [0.3, 0.4) is 0 Å². The first kappa shape index (κ1) is 17.5. The van der Waals surface area contributed by atoms with E-state index in [0.29, 0.717) is 6.04 Å². The van der Waals surface area contributed by atoms with Crippen molar-refractivity contribution in [2.24, 2.45) is 5.92 Å². The van der Waals surface area contributed by atoms with Crippen molar-refractivity contribution in [1.29, 1.82) is 0 Å². The molecule has 1 atom stereocenters. The summed E-state index contributed by atoms with van der Waals surface area (Å²) in [4.78, 5) is 11.7. The number of hydrogen-bond donors (Lipinski definition) is 3. The molecule has 0 aliphatic heterocycles. The van der Waals surface area contributed by atoms with Gasteiger partial charge in [-0.3, -0.25) is 0 Å². The highest BCUT2D eigenvalue weighted by Crippen LogP contribution is 2.15. The maximum Gasteiger partial charge on any atom is 0.319 e. The third-order valence-corrected chi connectivity index (χ3v) is 3.60. The lowest BCUT2D eigenvalue weighted by Gasteiger charge is -2.12. The summed E-state index contributed by atoms with van der Waals surface area (Å²) >= 11 is 0. The van der Waals surface area contributed by atoms with Gasteiger partial charge in [0.05, 0.1) is 0 Å². The zero-order chi connectivity index (χ0) is 15.7. The quantitative estimate of drug-likeness (QED) is 0.636. The molecule has 0 radical (unpaired) electrons. The van der Waals surface area contributed by atoms with E-state index in [1.807, 2.05) is 31.3 Å². The minimum Gasteiger partial charge on any atom is -0.338 e. The van der Waals surface area contributed by atoms with Gasteiger partial charge in [-0.05, 0) is 44.0 Å². The maximum atomic E-state index is 11.7. The Labute approximate surface area is 128 Å². The molecule has 0 aliphatic carbocycles. The lowest BCUT2D eigenvalue weighted by atomic mass is 10.1. The minimum absolute atomic E-state index is 0.131. The van der Waals surface area contributed by atoms with E-state index in [2.05, 4.69) is 36.7 Å². The molecule has 2 amide bonds. The Morgan fingerprint density at radius 3 is 2.33 bits per heavy atom. The first-order valence-electron chi connectivity index (χ1n) is 7.85. The Hall–Kier alpha value is -1.55. The molecule has 0 aromatic heterocycles. The van der Waals surface area contributed by atoms with Gasteiger partial charge in [-0.25, -0.2) is 4.79 Å². The molecular formula is C17H29N3O. The van der Waals surface area contributed by atoms with Crippen LogP contribution in [0.5, 0.6) is 0 Å². The van der Waals surface area contributed by atoms with Crippen LogP contribution in [-0.4, -0.2) is 19.6 Å². The second-order valence-electron chi connectivity index (χ2n) is 5.90. The molecule has 0 spiro atoms. The highest BCUT2D eigenvalue weighted by molar-refractivity contribution is 5.89. The molecule has 4 nitrogen and oxygen atoms in total. The summed E-state index contributed by atoms with van der Waals surface area (Å²) < 4.78 is 0. The Balaban J connectivity index is 2.28. The Kier molecular flexibility index (Phi) is 7.83. The summed E-state index contributed by atoms with van der Waals surface area (Å²) in [6.45, 7) is 7.27. The van der Waals surface area contributed by atoms with Gasteiger partial charge in [0, 0.05) is 18.3 Å². The molecule has 1 rings (SSSR count). The molecule has 1 aromatic rings. The van der Waals surface area contributed by atoms with E-state index in [-0.39, 0.29) is 6.03 Å². The van der Waals surface area contributed by atoms with Gasteiger partial charge >= 0.3 is 6.03 Å². The molecule has 0 saturated heterocycles. The van der Waals surface area contributed by atoms with Crippen LogP contribution in [0.25, 0.3) is 0 Å². The number of nitrogens with one attached hydrogen (secondary N) is 3. The summed E-state index contributed by atoms with van der Waals surface area (Å²) in [5.41, 5.74) is 2.03. The van der Waals surface area contributed by atoms with Crippen LogP contribution in [-0.2, 0) is 0 Å². The second kappa shape index (κ2) is 9.40. The molecule has 4 heteroatoms. The number of hydrogen-bond acceptors (Lipinski definition) is 2. The number of anilines is 1. The van der Waals surface area contributed by atoms with E-state index in [0.717, 1.165) is 31.0 Å². The van der Waals surface area contributed by atoms with Crippen LogP contribution in [0.4, 0.5) is 10.5 Å². The van der Waals surface area contributed by atoms with Gasteiger partial charge in [-0.1, -0.05) is 38.8 Å². The number of amides is 2. The fourth-order valence-corrected chi connectivity index (χ4v) is 2.08. The van der Waals surface area contributed by atoms with Crippen LogP contribution < -0.4 is 16.0 Å². The van der Waals surface area contributed by atoms with Gasteiger partial charge in [0.15, 0.2) is 0 Å². The highest BCUT2D eigenvalue weighted by atomic mass is 16.2. The molecule has 118 valence electrons. The van der Waals surface area contributed by atoms with Gasteiger partial charge in [-0.15, -0.1) is 0 Å². The topological polar surface area (TPSA) is 53.2 Å². The average Bonchev–Trinajstić information content (AvgIpc) is 2.46. The van der Waals surface area contributed by atoms with Gasteiger partial charge in [0.1, 0.15) is 0 Å². The summed E-state index contributed by atoms with van der Waals surface area (Å²) in [7, 11) is 1.93. The Morgan fingerprint density at radius 1 is 1.10 bits per heavy atom. The van der Waals surface area contributed by atoms with E-state index >= 15 is 0 Å². The molecule has 0 aliphatic rings. The van der Waals surface area contributed by atoms with Crippen molar-refractivity contribution in [3.8, 4) is 0 Å². The van der Waals surface area contributed by atoms with Crippen LogP contribution in [0.2, 0.25) is 0 Å². The largest absolute Gasteiger partial charge is 0.338 e. The highest BCUT2D eigenvalue weighted by Gasteiger charge is 2.04. The number of urea groups is 1. The Bertz CT molecular complexity index is 415. The zero-order valence-electron chi connectivity index (χ0n) is 13.7. The fourth-order valence-electron chi connectivity index (χ4n) is 2.08. The van der Waals surface area contributed by atoms with Crippen LogP contribution >= 0.6 is 0 Å². The van der Waals surface area contributed by atoms with Crippen molar-refractivity contribution in [2.45, 2.75) is 46.1 Å². The van der Waals surface area contributed by atoms with Gasteiger partial charge < -0.3 is 16.0 Å². The third kappa shape index (κ3) is 7.14. The van der Waals surface area contributed by atoms with Crippen LogP contribution in [0, 0.1) is 5.92 Å². The van der Waals surface area contributed by atoms with Gasteiger partial charge in [0.2, 0.25) is 0 Å². The molecule has 0 fully saturated rings. The molecule has 1 unspecified atom stereocenters. The van der Waals surface area contributed by atoms with Crippen molar-refractivity contribution >= 4 is 11.7 Å². The second-order valence-corrected chi connectivity index (χ2v) is 5.90. The summed E-state index contributed by atoms with van der Waals surface area (Å²) in [6, 6.07) is 8.10. The van der Waals surface area contributed by atoms with E-state index in [1.54, 1.807) is 0 Å². The van der Waals surface area contributed by atoms with Gasteiger partial charge in [-0.2, -0.15) is 0 Å². The number of unbranched alkanes of at least 4 members (excludes halogenated alkanes) is 1. The molecular weight excluding hydrogens is 262 g/mol. The lowest BCUT2D eigenvalue weighted by Crippen LogP contribution is -2.29. The molecule has 0 heterocycles. The predicted octanol–water partition coefficient (Wildman–Crippen LogP) is 3.91. The third-order valence-electron chi connectivity index (χ3n) is 3.60. The van der Waals surface area contributed by atoms with Gasteiger partial charge in [0.25, 0.3) is 0 Å². The summed E-state index contributed by atoms with van der Waals surface area (Å²) in [5, 5.41) is 8.94. The SMILES string of the molecule is CNC(C)c1ccc(NC(=O)NCCCCC(C)C)cc1. The van der Waals surface area contributed by atoms with Crippen molar-refractivity contribution in [3.63, 3.8) is 0 Å². The molecule has 1 aromatic carbocycles. The normalized spacial score (nSPS) is 12.2. The standard InChI is InChI=1S/C17H29N3O/c1-13(2)7-5-6-12-19-17(21)20-16-10-8-15(9-11-16)14(3)18-4/h8-11,13-14,18H,5-7,12H2,1-4H3,(H2,19,20,21). The van der Waals surface area contributed by atoms with Crippen LogP contribution in [0.15, 0.2) is 24.3 Å². The van der Waals surface area contributed by atoms with Crippen molar-refractivity contribution < 1.29 is 4.79 Å². The van der Waals surface area contributed by atoms with Crippen molar-refractivity contribution in [2.75, 3.05) is 18.9 Å². The van der Waals surface area contributed by atoms with Crippen molar-refractivity contribution in [1.82, 2.24) is 10.6 Å². The first-order valence-corrected chi connectivity index (χ1v) is 7.85. The van der Waals surface area contributed by atoms with E-state index in [1.165, 1.54) is 12.0 Å². The zero-order valence-corrected chi connectivity index (χ0v) is 13.7. The molecule has 21 heavy (non-hydrogen) atoms. The number of carbonyl (C=O) groups excluding carboxylic acids is 1. The summed E-state index contributed by atoms with van der Waals surface area (Å²) in [5.74, 6) is 0.734. The van der Waals surface area contributed by atoms with Crippen molar-refractivity contribution in [3.05, 3.63) is 29.8 Å². The monoisotopic (exact) mass is 291 g/mol. The van der Waals surface area contributed by atoms with E-state index in [9.17, 15) is 4.79 Å². The van der Waals surface area contributed by atoms with E-state index < -0.39 is 0 Å². The fraction of sp³-hybridized carbons (Fsp3) is 0.588. The number of rotatable bonds is 8. The lowest BCUT2D eigenvalue weighted by molar-refractivity contribution is 0.252. The smallest absolute Gasteiger partial charge is 0.319 e. The number of benzene rings is 1. The maximum absolute atomic E-state index is 11.7. The average molecular weight is 291 g/mol. The summed E-state index contributed by atoms with van der Waals surface area (Å²) in [6.07, 6.45) is 3.41.